The van der Waals surface area contributed by atoms with E-state index in [1.165, 1.54) is 0 Å². The number of aliphatic hydroxyl groups is 1. The molecule has 1 fully saturated rings. The third-order valence-corrected chi connectivity index (χ3v) is 3.88. The van der Waals surface area contributed by atoms with Crippen molar-refractivity contribution in [3.8, 4) is 0 Å². The molecule has 2 rings (SSSR count). The lowest BCUT2D eigenvalue weighted by molar-refractivity contribution is -0.107. The van der Waals surface area contributed by atoms with Gasteiger partial charge >= 0.3 is 0 Å². The molecule has 4 nitrogen and oxygen atoms in total. The molecule has 1 aliphatic rings. The van der Waals surface area contributed by atoms with Crippen molar-refractivity contribution < 1.29 is 5.11 Å². The van der Waals surface area contributed by atoms with Gasteiger partial charge in [0, 0.05) is 26.7 Å². The smallest absolute Gasteiger partial charge is 0.0900 e. The molecule has 0 spiro atoms. The van der Waals surface area contributed by atoms with Gasteiger partial charge in [-0.15, -0.1) is 0 Å². The Morgan fingerprint density at radius 2 is 2.12 bits per heavy atom. The first-order valence-corrected chi connectivity index (χ1v) is 6.45. The minimum Gasteiger partial charge on any atom is -0.387 e. The number of likely N-dealkylation sites (tertiary alicyclic amines) is 1. The van der Waals surface area contributed by atoms with E-state index in [1.54, 1.807) is 0 Å². The molecule has 0 radical (unpaired) electrons. The highest BCUT2D eigenvalue weighted by Gasteiger charge is 2.40. The second-order valence-corrected chi connectivity index (χ2v) is 5.47. The molecule has 1 aromatic rings. The fraction of sp³-hybridized carbons (Fsp3) is 0.750. The summed E-state index contributed by atoms with van der Waals surface area (Å²) in [5.41, 5.74) is 1.42. The second-order valence-electron chi connectivity index (χ2n) is 5.09. The Hall–Kier alpha value is -0.580. The molecular formula is C12H20ClN3O. The topological polar surface area (TPSA) is 41.3 Å². The zero-order valence-electron chi connectivity index (χ0n) is 10.7. The van der Waals surface area contributed by atoms with Gasteiger partial charge in [0.15, 0.2) is 0 Å². The summed E-state index contributed by atoms with van der Waals surface area (Å²) in [6, 6.07) is 0. The number of aromatic nitrogens is 2. The number of nitrogens with zero attached hydrogens (tertiary/aromatic N) is 3. The molecule has 17 heavy (non-hydrogen) atoms. The Bertz CT molecular complexity index is 410. The average Bonchev–Trinajstić information content (AvgIpc) is 2.43. The maximum absolute atomic E-state index is 10.1. The SMILES string of the molecule is CCCC1(O)CN(Cc2c(Cl)c(C)nn2C)C1. The molecule has 0 aromatic carbocycles. The van der Waals surface area contributed by atoms with Crippen LogP contribution in [0.4, 0.5) is 0 Å². The summed E-state index contributed by atoms with van der Waals surface area (Å²) in [6.45, 7) is 6.25. The summed E-state index contributed by atoms with van der Waals surface area (Å²) >= 11 is 6.20. The molecule has 0 saturated carbocycles. The highest BCUT2D eigenvalue weighted by Crippen LogP contribution is 2.29. The number of hydrogen-bond donors (Lipinski definition) is 1. The van der Waals surface area contributed by atoms with Gasteiger partial charge < -0.3 is 5.11 Å². The Balaban J connectivity index is 1.96. The largest absolute Gasteiger partial charge is 0.387 e. The van der Waals surface area contributed by atoms with Crippen LogP contribution >= 0.6 is 11.6 Å². The summed E-state index contributed by atoms with van der Waals surface area (Å²) in [7, 11) is 1.91. The van der Waals surface area contributed by atoms with E-state index in [0.717, 1.165) is 48.9 Å². The van der Waals surface area contributed by atoms with Gasteiger partial charge in [0.1, 0.15) is 0 Å². The standard InChI is InChI=1S/C12H20ClN3O/c1-4-5-12(17)7-16(8-12)6-10-11(13)9(2)14-15(10)3/h17H,4-8H2,1-3H3. The van der Waals surface area contributed by atoms with Crippen LogP contribution in [0.1, 0.15) is 31.2 Å². The van der Waals surface area contributed by atoms with Crippen molar-refractivity contribution in [2.24, 2.45) is 7.05 Å². The van der Waals surface area contributed by atoms with Crippen LogP contribution in [0.15, 0.2) is 0 Å². The Morgan fingerprint density at radius 1 is 1.47 bits per heavy atom. The van der Waals surface area contributed by atoms with E-state index in [2.05, 4.69) is 16.9 Å². The van der Waals surface area contributed by atoms with E-state index < -0.39 is 5.60 Å². The number of β-amino-alcohol motifs (C(OH)–C–C–N with tert-alkyl or cyclic N) is 1. The van der Waals surface area contributed by atoms with E-state index in [1.807, 2.05) is 18.7 Å². The summed E-state index contributed by atoms with van der Waals surface area (Å²) in [4.78, 5) is 2.21. The minimum absolute atomic E-state index is 0.477. The van der Waals surface area contributed by atoms with Crippen molar-refractivity contribution in [1.29, 1.82) is 0 Å². The normalized spacial score (nSPS) is 19.4. The molecule has 0 atom stereocenters. The van der Waals surface area contributed by atoms with E-state index in [0.29, 0.717) is 0 Å². The summed E-state index contributed by atoms with van der Waals surface area (Å²) in [6.07, 6.45) is 1.90. The van der Waals surface area contributed by atoms with E-state index in [4.69, 9.17) is 11.6 Å². The number of aryl methyl sites for hydroxylation is 2. The van der Waals surface area contributed by atoms with Crippen LogP contribution in [-0.4, -0.2) is 38.5 Å². The molecule has 0 amide bonds. The third kappa shape index (κ3) is 2.49. The quantitative estimate of drug-likeness (QED) is 0.893. The average molecular weight is 258 g/mol. The molecule has 2 heterocycles. The maximum Gasteiger partial charge on any atom is 0.0900 e. The molecular weight excluding hydrogens is 238 g/mol. The molecule has 1 saturated heterocycles. The molecule has 1 N–H and O–H groups in total. The first kappa shape index (κ1) is 12.9. The molecule has 0 aliphatic carbocycles. The summed E-state index contributed by atoms with van der Waals surface area (Å²) in [5, 5.41) is 15.1. The lowest BCUT2D eigenvalue weighted by Crippen LogP contribution is -2.61. The van der Waals surface area contributed by atoms with Crippen molar-refractivity contribution in [1.82, 2.24) is 14.7 Å². The van der Waals surface area contributed by atoms with Crippen LogP contribution in [-0.2, 0) is 13.6 Å². The van der Waals surface area contributed by atoms with Crippen molar-refractivity contribution in [3.63, 3.8) is 0 Å². The van der Waals surface area contributed by atoms with Crippen molar-refractivity contribution in [3.05, 3.63) is 16.4 Å². The van der Waals surface area contributed by atoms with Gasteiger partial charge in [0.05, 0.1) is 22.0 Å². The predicted molar refractivity (Wildman–Crippen MR) is 68.1 cm³/mol. The van der Waals surface area contributed by atoms with Gasteiger partial charge in [-0.3, -0.25) is 9.58 Å². The van der Waals surface area contributed by atoms with Crippen molar-refractivity contribution in [2.45, 2.75) is 38.8 Å². The Morgan fingerprint density at radius 3 is 2.59 bits per heavy atom. The fourth-order valence-electron chi connectivity index (χ4n) is 2.59. The lowest BCUT2D eigenvalue weighted by atomic mass is 9.89. The molecule has 1 aliphatic heterocycles. The molecule has 1 aromatic heterocycles. The molecule has 5 heteroatoms. The number of rotatable bonds is 4. The van der Waals surface area contributed by atoms with Crippen LogP contribution in [0.5, 0.6) is 0 Å². The highest BCUT2D eigenvalue weighted by molar-refractivity contribution is 6.31. The number of hydrogen-bond acceptors (Lipinski definition) is 3. The zero-order valence-corrected chi connectivity index (χ0v) is 11.5. The van der Waals surface area contributed by atoms with Gasteiger partial charge in [-0.25, -0.2) is 0 Å². The predicted octanol–water partition coefficient (Wildman–Crippen LogP) is 1.73. The molecule has 0 bridgehead atoms. The van der Waals surface area contributed by atoms with Gasteiger partial charge in [-0.1, -0.05) is 24.9 Å². The minimum atomic E-state index is -0.477. The third-order valence-electron chi connectivity index (χ3n) is 3.39. The molecule has 96 valence electrons. The Kier molecular flexibility index (Phi) is 3.48. The van der Waals surface area contributed by atoms with Gasteiger partial charge in [0.2, 0.25) is 0 Å². The zero-order chi connectivity index (χ0) is 12.6. The fourth-order valence-corrected chi connectivity index (χ4v) is 2.80. The molecule has 0 unspecified atom stereocenters. The summed E-state index contributed by atoms with van der Waals surface area (Å²) in [5.74, 6) is 0. The van der Waals surface area contributed by atoms with Crippen LogP contribution in [0.3, 0.4) is 0 Å². The lowest BCUT2D eigenvalue weighted by Gasteiger charge is -2.46. The van der Waals surface area contributed by atoms with Crippen LogP contribution in [0, 0.1) is 6.92 Å². The van der Waals surface area contributed by atoms with E-state index in [-0.39, 0.29) is 0 Å². The van der Waals surface area contributed by atoms with Crippen molar-refractivity contribution in [2.75, 3.05) is 13.1 Å². The van der Waals surface area contributed by atoms with Crippen LogP contribution in [0.2, 0.25) is 5.02 Å². The first-order chi connectivity index (χ1) is 7.95. The van der Waals surface area contributed by atoms with Crippen LogP contribution < -0.4 is 0 Å². The highest BCUT2D eigenvalue weighted by atomic mass is 35.5. The van der Waals surface area contributed by atoms with Crippen molar-refractivity contribution >= 4 is 11.6 Å². The Labute approximate surface area is 107 Å². The summed E-state index contributed by atoms with van der Waals surface area (Å²) < 4.78 is 1.83. The first-order valence-electron chi connectivity index (χ1n) is 6.08. The van der Waals surface area contributed by atoms with Crippen LogP contribution in [0.25, 0.3) is 0 Å². The van der Waals surface area contributed by atoms with Gasteiger partial charge in [-0.2, -0.15) is 5.10 Å². The van der Waals surface area contributed by atoms with Gasteiger partial charge in [0.25, 0.3) is 0 Å². The second kappa shape index (κ2) is 4.59. The van der Waals surface area contributed by atoms with E-state index >= 15 is 0 Å². The number of halogens is 1. The van der Waals surface area contributed by atoms with Gasteiger partial charge in [-0.05, 0) is 13.3 Å². The van der Waals surface area contributed by atoms with E-state index in [9.17, 15) is 5.11 Å². The maximum atomic E-state index is 10.1. The monoisotopic (exact) mass is 257 g/mol.